The summed E-state index contributed by atoms with van der Waals surface area (Å²) in [6, 6.07) is 6.80. The third-order valence-corrected chi connectivity index (χ3v) is 3.55. The largest absolute Gasteiger partial charge is 0.447 e. The van der Waals surface area contributed by atoms with Gasteiger partial charge in [0.05, 0.1) is 17.2 Å². The zero-order valence-electron chi connectivity index (χ0n) is 10.8. The minimum Gasteiger partial charge on any atom is -0.447 e. The van der Waals surface area contributed by atoms with Crippen LogP contribution in [0.25, 0.3) is 0 Å². The molecule has 0 aromatic heterocycles. The molecule has 1 saturated heterocycles. The molecule has 3 amide bonds. The zero-order valence-corrected chi connectivity index (χ0v) is 10.8. The Labute approximate surface area is 115 Å². The molecule has 2 aliphatic rings. The lowest BCUT2D eigenvalue weighted by Crippen LogP contribution is -2.32. The maximum Gasteiger partial charge on any atom is 0.407 e. The molecule has 6 nitrogen and oxygen atoms in total. The van der Waals surface area contributed by atoms with Gasteiger partial charge in [0.2, 0.25) is 0 Å². The summed E-state index contributed by atoms with van der Waals surface area (Å²) >= 11 is 0. The first-order chi connectivity index (χ1) is 9.66. The Morgan fingerprint density at radius 3 is 2.35 bits per heavy atom. The van der Waals surface area contributed by atoms with Crippen LogP contribution in [-0.4, -0.2) is 42.0 Å². The number of hydrogen-bond acceptors (Lipinski definition) is 4. The molecule has 1 aromatic rings. The summed E-state index contributed by atoms with van der Waals surface area (Å²) in [5, 5.41) is 2.67. The number of nitrogens with one attached hydrogen (secondary N) is 1. The van der Waals surface area contributed by atoms with Crippen molar-refractivity contribution in [1.82, 2.24) is 10.2 Å². The van der Waals surface area contributed by atoms with Crippen LogP contribution < -0.4 is 5.32 Å². The van der Waals surface area contributed by atoms with Crippen LogP contribution in [0.15, 0.2) is 24.3 Å². The Bertz CT molecular complexity index is 549. The van der Waals surface area contributed by atoms with Crippen LogP contribution in [0.5, 0.6) is 0 Å². The predicted molar refractivity (Wildman–Crippen MR) is 69.3 cm³/mol. The third-order valence-electron chi connectivity index (χ3n) is 3.55. The fourth-order valence-corrected chi connectivity index (χ4v) is 2.52. The van der Waals surface area contributed by atoms with Crippen molar-refractivity contribution in [2.45, 2.75) is 18.9 Å². The quantitative estimate of drug-likeness (QED) is 0.836. The van der Waals surface area contributed by atoms with Gasteiger partial charge < -0.3 is 10.1 Å². The van der Waals surface area contributed by atoms with Crippen molar-refractivity contribution in [3.05, 3.63) is 35.4 Å². The third kappa shape index (κ3) is 2.13. The van der Waals surface area contributed by atoms with Crippen LogP contribution in [0, 0.1) is 0 Å². The van der Waals surface area contributed by atoms with Gasteiger partial charge in [-0.25, -0.2) is 4.79 Å². The number of fused-ring (bicyclic) bond motifs is 1. The van der Waals surface area contributed by atoms with Crippen LogP contribution in [0.4, 0.5) is 4.79 Å². The van der Waals surface area contributed by atoms with E-state index >= 15 is 0 Å². The van der Waals surface area contributed by atoms with Crippen molar-refractivity contribution in [3.63, 3.8) is 0 Å². The van der Waals surface area contributed by atoms with E-state index in [0.29, 0.717) is 37.1 Å². The number of rotatable bonds is 4. The summed E-state index contributed by atoms with van der Waals surface area (Å²) in [6.07, 6.45) is 0.912. The number of imide groups is 1. The van der Waals surface area contributed by atoms with E-state index in [0.717, 1.165) is 0 Å². The fraction of sp³-hybridized carbons (Fsp3) is 0.357. The SMILES string of the molecule is O=C1N[C@@H](CCCN2C(=O)c3ccccc3C2=O)CO1. The molecule has 1 fully saturated rings. The molecule has 6 heteroatoms. The molecule has 1 atom stereocenters. The number of carbonyl (C=O) groups is 3. The number of alkyl carbamates (subject to hydrolysis) is 1. The fourth-order valence-electron chi connectivity index (χ4n) is 2.52. The van der Waals surface area contributed by atoms with Gasteiger partial charge in [-0.1, -0.05) is 12.1 Å². The topological polar surface area (TPSA) is 75.7 Å². The first kappa shape index (κ1) is 12.7. The van der Waals surface area contributed by atoms with Crippen molar-refractivity contribution >= 4 is 17.9 Å². The summed E-state index contributed by atoms with van der Waals surface area (Å²) in [6.45, 7) is 0.708. The minimum absolute atomic E-state index is 0.0299. The minimum atomic E-state index is -0.407. The molecule has 0 unspecified atom stereocenters. The first-order valence-corrected chi connectivity index (χ1v) is 6.55. The summed E-state index contributed by atoms with van der Waals surface area (Å²) in [4.78, 5) is 36.3. The van der Waals surface area contributed by atoms with Crippen LogP contribution in [0.3, 0.4) is 0 Å². The van der Waals surface area contributed by atoms with Crippen molar-refractivity contribution in [1.29, 1.82) is 0 Å². The first-order valence-electron chi connectivity index (χ1n) is 6.55. The average Bonchev–Trinajstić information content (AvgIpc) is 2.97. The number of ether oxygens (including phenoxy) is 1. The highest BCUT2D eigenvalue weighted by Gasteiger charge is 2.34. The summed E-state index contributed by atoms with van der Waals surface area (Å²) in [5.74, 6) is -0.477. The van der Waals surface area contributed by atoms with Crippen molar-refractivity contribution in [2.75, 3.05) is 13.2 Å². The second-order valence-corrected chi connectivity index (χ2v) is 4.89. The van der Waals surface area contributed by atoms with Gasteiger partial charge in [0, 0.05) is 6.54 Å². The van der Waals surface area contributed by atoms with Crippen LogP contribution in [-0.2, 0) is 4.74 Å². The molecular formula is C14H14N2O4. The monoisotopic (exact) mass is 274 g/mol. The smallest absolute Gasteiger partial charge is 0.407 e. The van der Waals surface area contributed by atoms with E-state index in [1.807, 2.05) is 0 Å². The van der Waals surface area contributed by atoms with E-state index < -0.39 is 6.09 Å². The Kier molecular flexibility index (Phi) is 3.14. The molecule has 0 spiro atoms. The highest BCUT2D eigenvalue weighted by atomic mass is 16.6. The van der Waals surface area contributed by atoms with E-state index in [-0.39, 0.29) is 17.9 Å². The standard InChI is InChI=1S/C14H14N2O4/c17-12-10-5-1-2-6-11(10)13(18)16(12)7-3-4-9-8-20-14(19)15-9/h1-2,5-6,9H,3-4,7-8H2,(H,15,19)/t9-/m0/s1. The van der Waals surface area contributed by atoms with Gasteiger partial charge in [0.1, 0.15) is 6.61 Å². The Balaban J connectivity index is 1.58. The average molecular weight is 274 g/mol. The summed E-state index contributed by atoms with van der Waals surface area (Å²) < 4.78 is 4.78. The molecule has 2 heterocycles. The van der Waals surface area contributed by atoms with Crippen LogP contribution >= 0.6 is 0 Å². The summed E-state index contributed by atoms with van der Waals surface area (Å²) in [5.41, 5.74) is 0.935. The molecule has 0 saturated carbocycles. The lowest BCUT2D eigenvalue weighted by molar-refractivity contribution is 0.0650. The van der Waals surface area contributed by atoms with Crippen LogP contribution in [0.2, 0.25) is 0 Å². The van der Waals surface area contributed by atoms with Gasteiger partial charge in [0.15, 0.2) is 0 Å². The van der Waals surface area contributed by atoms with Gasteiger partial charge in [-0.2, -0.15) is 0 Å². The molecule has 0 bridgehead atoms. The second-order valence-electron chi connectivity index (χ2n) is 4.89. The van der Waals surface area contributed by atoms with Crippen molar-refractivity contribution in [2.24, 2.45) is 0 Å². The second kappa shape index (κ2) is 4.96. The zero-order chi connectivity index (χ0) is 14.1. The molecule has 104 valence electrons. The number of nitrogens with zero attached hydrogens (tertiary/aromatic N) is 1. The molecule has 1 aromatic carbocycles. The highest BCUT2D eigenvalue weighted by molar-refractivity contribution is 6.21. The number of amides is 3. The molecule has 1 N–H and O–H groups in total. The normalized spacial score (nSPS) is 20.9. The maximum absolute atomic E-state index is 12.1. The summed E-state index contributed by atoms with van der Waals surface area (Å²) in [7, 11) is 0. The van der Waals surface area contributed by atoms with Gasteiger partial charge in [-0.05, 0) is 25.0 Å². The van der Waals surface area contributed by atoms with E-state index in [9.17, 15) is 14.4 Å². The number of benzene rings is 1. The highest BCUT2D eigenvalue weighted by Crippen LogP contribution is 2.22. The molecular weight excluding hydrogens is 260 g/mol. The molecule has 0 radical (unpaired) electrons. The maximum atomic E-state index is 12.1. The Morgan fingerprint density at radius 1 is 1.15 bits per heavy atom. The van der Waals surface area contributed by atoms with Crippen molar-refractivity contribution < 1.29 is 19.1 Å². The van der Waals surface area contributed by atoms with E-state index in [4.69, 9.17) is 4.74 Å². The molecule has 0 aliphatic carbocycles. The molecule has 3 rings (SSSR count). The lowest BCUT2D eigenvalue weighted by atomic mass is 10.1. The van der Waals surface area contributed by atoms with Gasteiger partial charge >= 0.3 is 6.09 Å². The van der Waals surface area contributed by atoms with Crippen LogP contribution in [0.1, 0.15) is 33.6 Å². The lowest BCUT2D eigenvalue weighted by Gasteiger charge is -2.14. The van der Waals surface area contributed by atoms with E-state index in [1.165, 1.54) is 4.90 Å². The Morgan fingerprint density at radius 2 is 1.80 bits per heavy atom. The Hall–Kier alpha value is -2.37. The number of hydrogen-bond donors (Lipinski definition) is 1. The number of carbonyl (C=O) groups excluding carboxylic acids is 3. The van der Waals surface area contributed by atoms with E-state index in [2.05, 4.69) is 5.32 Å². The van der Waals surface area contributed by atoms with Gasteiger partial charge in [-0.3, -0.25) is 14.5 Å². The number of cyclic esters (lactones) is 1. The van der Waals surface area contributed by atoms with E-state index in [1.54, 1.807) is 24.3 Å². The van der Waals surface area contributed by atoms with Gasteiger partial charge in [-0.15, -0.1) is 0 Å². The van der Waals surface area contributed by atoms with Crippen molar-refractivity contribution in [3.8, 4) is 0 Å². The molecule has 20 heavy (non-hydrogen) atoms. The van der Waals surface area contributed by atoms with Gasteiger partial charge in [0.25, 0.3) is 11.8 Å². The predicted octanol–water partition coefficient (Wildman–Crippen LogP) is 1.17. The molecule has 2 aliphatic heterocycles.